The number of urea groups is 1. The summed E-state index contributed by atoms with van der Waals surface area (Å²) >= 11 is 0. The third-order valence-electron chi connectivity index (χ3n) is 3.54. The Morgan fingerprint density at radius 3 is 2.21 bits per heavy atom. The number of primary amides is 1. The van der Waals surface area contributed by atoms with Crippen molar-refractivity contribution in [2.24, 2.45) is 5.73 Å². The van der Waals surface area contributed by atoms with Gasteiger partial charge in [-0.3, -0.25) is 4.90 Å². The molecule has 3 N–H and O–H groups in total. The zero-order valence-corrected chi connectivity index (χ0v) is 11.6. The number of nitrogens with one attached hydrogen (secondary N) is 1. The third kappa shape index (κ3) is 3.61. The van der Waals surface area contributed by atoms with E-state index in [1.807, 2.05) is 24.3 Å². The van der Waals surface area contributed by atoms with Crippen LogP contribution in [0.15, 0.2) is 24.3 Å². The fourth-order valence-electron chi connectivity index (χ4n) is 2.39. The van der Waals surface area contributed by atoms with Crippen molar-refractivity contribution in [3.05, 3.63) is 24.3 Å². The first-order chi connectivity index (χ1) is 9.06. The maximum Gasteiger partial charge on any atom is 0.316 e. The average Bonchev–Trinajstić information content (AvgIpc) is 2.39. The Morgan fingerprint density at radius 1 is 1.16 bits per heavy atom. The zero-order valence-electron chi connectivity index (χ0n) is 11.6. The fraction of sp³-hybridized carbons (Fsp3) is 0.500. The van der Waals surface area contributed by atoms with Gasteiger partial charge in [-0.05, 0) is 38.1 Å². The fourth-order valence-corrected chi connectivity index (χ4v) is 2.39. The van der Waals surface area contributed by atoms with Crippen molar-refractivity contribution in [2.45, 2.75) is 19.9 Å². The standard InChI is InChI=1S/C14H22N4O/c1-11(2)17-7-9-18(10-8-17)13-5-3-12(4-6-13)16-14(15)19/h3-6,11H,7-10H2,1-2H3,(H3,15,16,19). The van der Waals surface area contributed by atoms with Crippen molar-refractivity contribution in [2.75, 3.05) is 36.4 Å². The van der Waals surface area contributed by atoms with Crippen LogP contribution in [0, 0.1) is 0 Å². The molecule has 0 aliphatic carbocycles. The summed E-state index contributed by atoms with van der Waals surface area (Å²) in [6.07, 6.45) is 0. The Kier molecular flexibility index (Phi) is 4.27. The number of hydrogen-bond donors (Lipinski definition) is 2. The van der Waals surface area contributed by atoms with Gasteiger partial charge in [0.2, 0.25) is 0 Å². The summed E-state index contributed by atoms with van der Waals surface area (Å²) < 4.78 is 0. The van der Waals surface area contributed by atoms with Crippen molar-refractivity contribution in [1.82, 2.24) is 4.90 Å². The number of amides is 2. The molecule has 1 aromatic rings. The van der Waals surface area contributed by atoms with Gasteiger partial charge in [0.1, 0.15) is 0 Å². The van der Waals surface area contributed by atoms with Crippen LogP contribution in [-0.2, 0) is 0 Å². The van der Waals surface area contributed by atoms with Gasteiger partial charge in [-0.15, -0.1) is 0 Å². The first-order valence-electron chi connectivity index (χ1n) is 6.72. The number of rotatable bonds is 3. The molecular weight excluding hydrogens is 240 g/mol. The number of carbonyl (C=O) groups excluding carboxylic acids is 1. The molecule has 5 nitrogen and oxygen atoms in total. The second-order valence-electron chi connectivity index (χ2n) is 5.15. The Labute approximate surface area is 114 Å². The SMILES string of the molecule is CC(C)N1CCN(c2ccc(NC(N)=O)cc2)CC1. The highest BCUT2D eigenvalue weighted by Crippen LogP contribution is 2.19. The highest BCUT2D eigenvalue weighted by Gasteiger charge is 2.18. The number of piperazine rings is 1. The summed E-state index contributed by atoms with van der Waals surface area (Å²) in [6.45, 7) is 8.75. The maximum atomic E-state index is 10.8. The van der Waals surface area contributed by atoms with E-state index < -0.39 is 6.03 Å². The molecule has 0 unspecified atom stereocenters. The number of hydrogen-bond acceptors (Lipinski definition) is 3. The molecule has 1 aromatic carbocycles. The second kappa shape index (κ2) is 5.93. The smallest absolute Gasteiger partial charge is 0.316 e. The molecule has 1 fully saturated rings. The lowest BCUT2D eigenvalue weighted by atomic mass is 10.2. The van der Waals surface area contributed by atoms with E-state index in [0.29, 0.717) is 6.04 Å². The minimum absolute atomic E-state index is 0.529. The van der Waals surface area contributed by atoms with Gasteiger partial charge in [0.05, 0.1) is 0 Å². The average molecular weight is 262 g/mol. The van der Waals surface area contributed by atoms with E-state index in [2.05, 4.69) is 29.0 Å². The van der Waals surface area contributed by atoms with Gasteiger partial charge >= 0.3 is 6.03 Å². The van der Waals surface area contributed by atoms with E-state index in [-0.39, 0.29) is 0 Å². The molecule has 0 saturated carbocycles. The van der Waals surface area contributed by atoms with Gasteiger partial charge in [-0.25, -0.2) is 4.79 Å². The quantitative estimate of drug-likeness (QED) is 0.871. The topological polar surface area (TPSA) is 61.6 Å². The maximum absolute atomic E-state index is 10.8. The lowest BCUT2D eigenvalue weighted by molar-refractivity contribution is 0.209. The molecule has 0 aromatic heterocycles. The zero-order chi connectivity index (χ0) is 13.8. The van der Waals surface area contributed by atoms with Crippen LogP contribution in [0.5, 0.6) is 0 Å². The van der Waals surface area contributed by atoms with Crippen molar-refractivity contribution in [3.63, 3.8) is 0 Å². The van der Waals surface area contributed by atoms with Crippen LogP contribution in [0.2, 0.25) is 0 Å². The molecule has 1 aliphatic heterocycles. The van der Waals surface area contributed by atoms with Gasteiger partial charge in [0, 0.05) is 43.6 Å². The van der Waals surface area contributed by atoms with Gasteiger partial charge in [0.15, 0.2) is 0 Å². The summed E-state index contributed by atoms with van der Waals surface area (Å²) in [5.41, 5.74) is 7.01. The summed E-state index contributed by atoms with van der Waals surface area (Å²) in [6, 6.07) is 7.90. The number of nitrogens with zero attached hydrogens (tertiary/aromatic N) is 2. The molecule has 0 bridgehead atoms. The minimum atomic E-state index is -0.529. The largest absolute Gasteiger partial charge is 0.369 e. The molecular formula is C14H22N4O. The normalized spacial score (nSPS) is 16.7. The van der Waals surface area contributed by atoms with Crippen molar-refractivity contribution in [3.8, 4) is 0 Å². The molecule has 2 amide bonds. The predicted octanol–water partition coefficient (Wildman–Crippen LogP) is 1.71. The number of carbonyl (C=O) groups is 1. The predicted molar refractivity (Wildman–Crippen MR) is 78.6 cm³/mol. The molecule has 19 heavy (non-hydrogen) atoms. The minimum Gasteiger partial charge on any atom is -0.369 e. The molecule has 104 valence electrons. The van der Waals surface area contributed by atoms with Gasteiger partial charge in [-0.1, -0.05) is 0 Å². The van der Waals surface area contributed by atoms with Crippen LogP contribution in [0.1, 0.15) is 13.8 Å². The van der Waals surface area contributed by atoms with Crippen LogP contribution in [-0.4, -0.2) is 43.2 Å². The molecule has 2 rings (SSSR count). The molecule has 1 saturated heterocycles. The molecule has 1 aliphatic rings. The molecule has 1 heterocycles. The Bertz CT molecular complexity index is 422. The number of nitrogens with two attached hydrogens (primary N) is 1. The molecule has 0 spiro atoms. The van der Waals surface area contributed by atoms with Crippen LogP contribution >= 0.6 is 0 Å². The summed E-state index contributed by atoms with van der Waals surface area (Å²) in [4.78, 5) is 15.6. The Morgan fingerprint density at radius 2 is 1.74 bits per heavy atom. The van der Waals surface area contributed by atoms with Gasteiger partial charge in [-0.2, -0.15) is 0 Å². The first-order valence-corrected chi connectivity index (χ1v) is 6.72. The summed E-state index contributed by atoms with van der Waals surface area (Å²) in [5.74, 6) is 0. The van der Waals surface area contributed by atoms with E-state index in [4.69, 9.17) is 5.73 Å². The van der Waals surface area contributed by atoms with Crippen LogP contribution < -0.4 is 16.0 Å². The second-order valence-corrected chi connectivity index (χ2v) is 5.15. The number of anilines is 2. The van der Waals surface area contributed by atoms with E-state index in [1.165, 1.54) is 5.69 Å². The molecule has 0 radical (unpaired) electrons. The Hall–Kier alpha value is -1.75. The van der Waals surface area contributed by atoms with Crippen LogP contribution in [0.25, 0.3) is 0 Å². The van der Waals surface area contributed by atoms with Crippen molar-refractivity contribution in [1.29, 1.82) is 0 Å². The number of benzene rings is 1. The summed E-state index contributed by atoms with van der Waals surface area (Å²) in [5, 5.41) is 2.57. The van der Waals surface area contributed by atoms with Gasteiger partial charge in [0.25, 0.3) is 0 Å². The highest BCUT2D eigenvalue weighted by molar-refractivity contribution is 5.87. The van der Waals surface area contributed by atoms with E-state index in [0.717, 1.165) is 31.9 Å². The monoisotopic (exact) mass is 262 g/mol. The molecule has 0 atom stereocenters. The van der Waals surface area contributed by atoms with E-state index >= 15 is 0 Å². The van der Waals surface area contributed by atoms with E-state index in [9.17, 15) is 4.79 Å². The van der Waals surface area contributed by atoms with Crippen LogP contribution in [0.3, 0.4) is 0 Å². The molecule has 5 heteroatoms. The first kappa shape index (κ1) is 13.7. The van der Waals surface area contributed by atoms with Crippen LogP contribution in [0.4, 0.5) is 16.2 Å². The Balaban J connectivity index is 1.94. The van der Waals surface area contributed by atoms with Crippen molar-refractivity contribution < 1.29 is 4.79 Å². The highest BCUT2D eigenvalue weighted by atomic mass is 16.2. The van der Waals surface area contributed by atoms with E-state index in [1.54, 1.807) is 0 Å². The summed E-state index contributed by atoms with van der Waals surface area (Å²) in [7, 11) is 0. The van der Waals surface area contributed by atoms with Crippen molar-refractivity contribution >= 4 is 17.4 Å². The lowest BCUT2D eigenvalue weighted by Crippen LogP contribution is -2.48. The third-order valence-corrected chi connectivity index (χ3v) is 3.54. The lowest BCUT2D eigenvalue weighted by Gasteiger charge is -2.38. The van der Waals surface area contributed by atoms with Gasteiger partial charge < -0.3 is 16.0 Å².